The van der Waals surface area contributed by atoms with E-state index in [2.05, 4.69) is 26.5 Å². The van der Waals surface area contributed by atoms with Crippen LogP contribution < -0.4 is 0 Å². The molecule has 94 valence electrons. The van der Waals surface area contributed by atoms with Gasteiger partial charge >= 0.3 is 0 Å². The van der Waals surface area contributed by atoms with Crippen molar-refractivity contribution in [2.45, 2.75) is 39.2 Å². The predicted molar refractivity (Wildman–Crippen MR) is 71.4 cm³/mol. The van der Waals surface area contributed by atoms with E-state index in [4.69, 9.17) is 4.74 Å². The van der Waals surface area contributed by atoms with E-state index in [1.807, 2.05) is 12.1 Å². The first-order valence-corrected chi connectivity index (χ1v) is 6.21. The van der Waals surface area contributed by atoms with Crippen LogP contribution in [0.3, 0.4) is 0 Å². The van der Waals surface area contributed by atoms with Crippen LogP contribution >= 0.6 is 0 Å². The second kappa shape index (κ2) is 7.13. The molecule has 1 unspecified atom stereocenters. The van der Waals surface area contributed by atoms with E-state index >= 15 is 0 Å². The molecular weight excluding hydrogens is 212 g/mol. The highest BCUT2D eigenvalue weighted by Crippen LogP contribution is 2.22. The molecule has 1 aliphatic heterocycles. The second-order valence-corrected chi connectivity index (χ2v) is 4.30. The van der Waals surface area contributed by atoms with Crippen molar-refractivity contribution < 1.29 is 9.84 Å². The molecule has 0 bridgehead atoms. The molecule has 1 saturated heterocycles. The van der Waals surface area contributed by atoms with Gasteiger partial charge in [-0.15, -0.1) is 6.58 Å². The fourth-order valence-corrected chi connectivity index (χ4v) is 1.60. The fourth-order valence-electron chi connectivity index (χ4n) is 1.60. The number of ether oxygens (including phenoxy) is 1. The number of allylic oxidation sites excluding steroid dienone is 1. The summed E-state index contributed by atoms with van der Waals surface area (Å²) in [6, 6.07) is 5.70. The quantitative estimate of drug-likeness (QED) is 0.639. The van der Waals surface area contributed by atoms with Gasteiger partial charge in [-0.3, -0.25) is 0 Å². The number of phenols is 1. The van der Waals surface area contributed by atoms with Gasteiger partial charge in [-0.05, 0) is 31.4 Å². The molecule has 1 heterocycles. The van der Waals surface area contributed by atoms with Gasteiger partial charge in [0.1, 0.15) is 5.75 Å². The number of aryl methyl sites for hydroxylation is 1. The van der Waals surface area contributed by atoms with E-state index < -0.39 is 0 Å². The highest BCUT2D eigenvalue weighted by Gasteiger charge is 2.13. The number of rotatable bonds is 4. The number of hydrogen-bond acceptors (Lipinski definition) is 2. The van der Waals surface area contributed by atoms with Crippen molar-refractivity contribution in [2.75, 3.05) is 6.61 Å². The van der Waals surface area contributed by atoms with E-state index in [-0.39, 0.29) is 0 Å². The zero-order chi connectivity index (χ0) is 12.7. The standard InChI is InChI=1S/C12H16O.C3H6O/c1-3-6-10-8-5-9-12(13)11(10)7-4-2;1-3-2-4-3/h4-5,8-9,13H,2-3,6-7H2,1H3;3H,2H2,1H3. The Labute approximate surface area is 104 Å². The molecule has 2 nitrogen and oxygen atoms in total. The minimum atomic E-state index is 0.394. The summed E-state index contributed by atoms with van der Waals surface area (Å²) in [5, 5.41) is 9.60. The zero-order valence-corrected chi connectivity index (χ0v) is 10.8. The van der Waals surface area contributed by atoms with Crippen LogP contribution in [0.1, 0.15) is 31.4 Å². The summed E-state index contributed by atoms with van der Waals surface area (Å²) in [5.74, 6) is 0.394. The van der Waals surface area contributed by atoms with Crippen molar-refractivity contribution in [1.29, 1.82) is 0 Å². The Kier molecular flexibility index (Phi) is 5.78. The Morgan fingerprint density at radius 3 is 2.65 bits per heavy atom. The lowest BCUT2D eigenvalue weighted by Gasteiger charge is -2.08. The summed E-state index contributed by atoms with van der Waals surface area (Å²) >= 11 is 0. The molecule has 1 aliphatic rings. The van der Waals surface area contributed by atoms with Crippen LogP contribution in [0.4, 0.5) is 0 Å². The van der Waals surface area contributed by atoms with Crippen molar-refractivity contribution in [3.63, 3.8) is 0 Å². The van der Waals surface area contributed by atoms with Crippen molar-refractivity contribution >= 4 is 0 Å². The molecule has 1 aromatic rings. The second-order valence-electron chi connectivity index (χ2n) is 4.30. The number of hydrogen-bond donors (Lipinski definition) is 1. The third kappa shape index (κ3) is 5.05. The maximum atomic E-state index is 9.60. The first-order valence-electron chi connectivity index (χ1n) is 6.21. The SMILES string of the molecule is C=CCc1c(O)cccc1CCC.CC1CO1. The summed E-state index contributed by atoms with van der Waals surface area (Å²) in [6.07, 6.45) is 5.29. The lowest BCUT2D eigenvalue weighted by Crippen LogP contribution is -1.92. The van der Waals surface area contributed by atoms with Gasteiger partial charge in [0.15, 0.2) is 0 Å². The molecule has 2 rings (SSSR count). The summed E-state index contributed by atoms with van der Waals surface area (Å²) in [5.41, 5.74) is 2.27. The molecular formula is C15H22O2. The van der Waals surface area contributed by atoms with Gasteiger partial charge < -0.3 is 9.84 Å². The average molecular weight is 234 g/mol. The van der Waals surface area contributed by atoms with E-state index in [0.29, 0.717) is 11.9 Å². The number of epoxide rings is 1. The van der Waals surface area contributed by atoms with Crippen molar-refractivity contribution in [3.8, 4) is 5.75 Å². The third-order valence-corrected chi connectivity index (χ3v) is 2.62. The van der Waals surface area contributed by atoms with Crippen LogP contribution in [0, 0.1) is 0 Å². The van der Waals surface area contributed by atoms with Gasteiger partial charge in [-0.2, -0.15) is 0 Å². The number of phenolic OH excluding ortho intramolecular Hbond substituents is 1. The normalized spacial score (nSPS) is 16.9. The molecule has 2 heteroatoms. The van der Waals surface area contributed by atoms with E-state index in [1.165, 1.54) is 5.56 Å². The predicted octanol–water partition coefficient (Wildman–Crippen LogP) is 3.48. The van der Waals surface area contributed by atoms with Crippen LogP contribution in [-0.4, -0.2) is 17.8 Å². The molecule has 0 aliphatic carbocycles. The van der Waals surface area contributed by atoms with Crippen molar-refractivity contribution in [1.82, 2.24) is 0 Å². The Morgan fingerprint density at radius 1 is 1.53 bits per heavy atom. The fraction of sp³-hybridized carbons (Fsp3) is 0.467. The Morgan fingerprint density at radius 2 is 2.18 bits per heavy atom. The lowest BCUT2D eigenvalue weighted by molar-refractivity contribution is 0.423. The van der Waals surface area contributed by atoms with Gasteiger partial charge in [-0.25, -0.2) is 0 Å². The number of aromatic hydroxyl groups is 1. The minimum Gasteiger partial charge on any atom is -0.508 e. The third-order valence-electron chi connectivity index (χ3n) is 2.62. The molecule has 1 N–H and O–H groups in total. The largest absolute Gasteiger partial charge is 0.508 e. The van der Waals surface area contributed by atoms with Gasteiger partial charge in [0.25, 0.3) is 0 Å². The molecule has 0 saturated carbocycles. The van der Waals surface area contributed by atoms with Gasteiger partial charge in [0.2, 0.25) is 0 Å². The first kappa shape index (κ1) is 13.8. The molecule has 1 atom stereocenters. The van der Waals surface area contributed by atoms with Crippen molar-refractivity contribution in [3.05, 3.63) is 42.0 Å². The van der Waals surface area contributed by atoms with Gasteiger partial charge in [-0.1, -0.05) is 31.6 Å². The Hall–Kier alpha value is -1.28. The maximum absolute atomic E-state index is 9.60. The van der Waals surface area contributed by atoms with Crippen LogP contribution in [0.2, 0.25) is 0 Å². The van der Waals surface area contributed by atoms with E-state index in [0.717, 1.165) is 31.4 Å². The molecule has 0 radical (unpaired) electrons. The summed E-state index contributed by atoms with van der Waals surface area (Å²) in [4.78, 5) is 0. The molecule has 0 spiro atoms. The highest BCUT2D eigenvalue weighted by atomic mass is 16.6. The smallest absolute Gasteiger partial charge is 0.119 e. The molecule has 1 aromatic carbocycles. The molecule has 1 fully saturated rings. The summed E-state index contributed by atoms with van der Waals surface area (Å²) in [6.45, 7) is 8.87. The molecule has 0 amide bonds. The Balaban J connectivity index is 0.000000302. The molecule has 17 heavy (non-hydrogen) atoms. The maximum Gasteiger partial charge on any atom is 0.119 e. The minimum absolute atomic E-state index is 0.394. The van der Waals surface area contributed by atoms with Crippen LogP contribution in [0.25, 0.3) is 0 Å². The Bertz CT molecular complexity index is 354. The molecule has 0 aromatic heterocycles. The van der Waals surface area contributed by atoms with E-state index in [9.17, 15) is 5.11 Å². The van der Waals surface area contributed by atoms with Gasteiger partial charge in [0, 0.05) is 5.56 Å². The summed E-state index contributed by atoms with van der Waals surface area (Å²) in [7, 11) is 0. The monoisotopic (exact) mass is 234 g/mol. The van der Waals surface area contributed by atoms with Crippen molar-refractivity contribution in [2.24, 2.45) is 0 Å². The topological polar surface area (TPSA) is 32.8 Å². The van der Waals surface area contributed by atoms with Crippen LogP contribution in [-0.2, 0) is 17.6 Å². The highest BCUT2D eigenvalue weighted by molar-refractivity contribution is 5.40. The summed E-state index contributed by atoms with van der Waals surface area (Å²) < 4.78 is 4.71. The first-order chi connectivity index (χ1) is 8.19. The van der Waals surface area contributed by atoms with Gasteiger partial charge in [0.05, 0.1) is 12.7 Å². The van der Waals surface area contributed by atoms with Crippen LogP contribution in [0.5, 0.6) is 5.75 Å². The number of benzene rings is 1. The van der Waals surface area contributed by atoms with E-state index in [1.54, 1.807) is 6.07 Å². The zero-order valence-electron chi connectivity index (χ0n) is 10.8. The lowest BCUT2D eigenvalue weighted by atomic mass is 10.00. The van der Waals surface area contributed by atoms with Crippen LogP contribution in [0.15, 0.2) is 30.9 Å². The average Bonchev–Trinajstić information content (AvgIpc) is 3.07.